The van der Waals surface area contributed by atoms with Crippen molar-refractivity contribution in [3.63, 3.8) is 0 Å². The molecule has 0 fully saturated rings. The maximum atomic E-state index is 12.3. The molecule has 0 atom stereocenters. The van der Waals surface area contributed by atoms with Crippen molar-refractivity contribution < 1.29 is 9.59 Å². The molecule has 2 N–H and O–H groups in total. The summed E-state index contributed by atoms with van der Waals surface area (Å²) in [4.78, 5) is 25.0. The first kappa shape index (κ1) is 17.2. The van der Waals surface area contributed by atoms with Gasteiger partial charge in [0.05, 0.1) is 9.88 Å². The lowest BCUT2D eigenvalue weighted by Crippen LogP contribution is -2.27. The van der Waals surface area contributed by atoms with Crippen molar-refractivity contribution in [1.29, 1.82) is 0 Å². The number of amides is 2. The van der Waals surface area contributed by atoms with Gasteiger partial charge in [-0.25, -0.2) is 0 Å². The zero-order valence-electron chi connectivity index (χ0n) is 13.9. The Morgan fingerprint density at radius 3 is 2.39 bits per heavy atom. The van der Waals surface area contributed by atoms with Crippen LogP contribution >= 0.6 is 11.3 Å². The Labute approximate surface area is 140 Å². The molecule has 0 radical (unpaired) electrons. The van der Waals surface area contributed by atoms with E-state index in [1.54, 1.807) is 0 Å². The molecule has 0 aliphatic rings. The maximum Gasteiger partial charge on any atom is 0.261 e. The molecule has 0 aliphatic carbocycles. The van der Waals surface area contributed by atoms with E-state index >= 15 is 0 Å². The van der Waals surface area contributed by atoms with Crippen LogP contribution in [-0.4, -0.2) is 11.8 Å². The molecule has 1 heterocycles. The molecule has 122 valence electrons. The Morgan fingerprint density at radius 1 is 1.13 bits per heavy atom. The molecular weight excluding hydrogens is 308 g/mol. The van der Waals surface area contributed by atoms with E-state index in [1.165, 1.54) is 11.3 Å². The van der Waals surface area contributed by atoms with E-state index in [4.69, 9.17) is 0 Å². The largest absolute Gasteiger partial charge is 0.347 e. The van der Waals surface area contributed by atoms with Crippen LogP contribution in [0.4, 0.5) is 5.00 Å². The van der Waals surface area contributed by atoms with Crippen molar-refractivity contribution in [2.45, 2.75) is 34.2 Å². The Balaban J connectivity index is 2.02. The van der Waals surface area contributed by atoms with Crippen LogP contribution in [0.2, 0.25) is 0 Å². The van der Waals surface area contributed by atoms with Gasteiger partial charge >= 0.3 is 0 Å². The van der Waals surface area contributed by atoms with Crippen molar-refractivity contribution in [3.8, 4) is 0 Å². The van der Waals surface area contributed by atoms with Gasteiger partial charge in [-0.15, -0.1) is 11.3 Å². The van der Waals surface area contributed by atoms with E-state index in [0.717, 1.165) is 11.1 Å². The second-order valence-corrected chi connectivity index (χ2v) is 7.55. The quantitative estimate of drug-likeness (QED) is 0.891. The third-order valence-corrected chi connectivity index (χ3v) is 4.49. The lowest BCUT2D eigenvalue weighted by Gasteiger charge is -2.16. The summed E-state index contributed by atoms with van der Waals surface area (Å²) in [7, 11) is 0. The molecule has 23 heavy (non-hydrogen) atoms. The van der Waals surface area contributed by atoms with Crippen molar-refractivity contribution in [1.82, 2.24) is 5.32 Å². The third-order valence-electron chi connectivity index (χ3n) is 3.34. The van der Waals surface area contributed by atoms with Crippen LogP contribution < -0.4 is 10.6 Å². The van der Waals surface area contributed by atoms with Crippen LogP contribution in [-0.2, 0) is 11.3 Å². The molecule has 0 spiro atoms. The van der Waals surface area contributed by atoms with E-state index in [9.17, 15) is 9.59 Å². The number of aryl methyl sites for hydroxylation is 1. The molecule has 2 aromatic rings. The summed E-state index contributed by atoms with van der Waals surface area (Å²) < 4.78 is 0. The number of nitrogens with one attached hydrogen (secondary N) is 2. The van der Waals surface area contributed by atoms with Gasteiger partial charge in [-0.2, -0.15) is 0 Å². The van der Waals surface area contributed by atoms with Gasteiger partial charge in [-0.3, -0.25) is 9.59 Å². The molecule has 2 amide bonds. The standard InChI is InChI=1S/C18H22N2O2S/c1-12-10-14(20-17(22)18(2,3)4)23-15(12)16(21)19-11-13-8-6-5-7-9-13/h5-10H,11H2,1-4H3,(H,19,21)(H,20,22). The summed E-state index contributed by atoms with van der Waals surface area (Å²) in [5, 5.41) is 6.48. The van der Waals surface area contributed by atoms with Crippen molar-refractivity contribution in [2.75, 3.05) is 5.32 Å². The minimum atomic E-state index is -0.465. The fourth-order valence-corrected chi connectivity index (χ4v) is 2.91. The second kappa shape index (κ2) is 6.96. The first-order valence-corrected chi connectivity index (χ1v) is 8.33. The van der Waals surface area contributed by atoms with Gasteiger partial charge in [0.1, 0.15) is 0 Å². The average Bonchev–Trinajstić information content (AvgIpc) is 2.85. The number of thiophene rings is 1. The minimum Gasteiger partial charge on any atom is -0.347 e. The number of benzene rings is 1. The predicted molar refractivity (Wildman–Crippen MR) is 94.8 cm³/mol. The molecule has 5 heteroatoms. The third kappa shape index (κ3) is 4.66. The smallest absolute Gasteiger partial charge is 0.261 e. The van der Waals surface area contributed by atoms with Crippen LogP contribution in [0.5, 0.6) is 0 Å². The monoisotopic (exact) mass is 330 g/mol. The second-order valence-electron chi connectivity index (χ2n) is 6.50. The first-order chi connectivity index (χ1) is 10.8. The summed E-state index contributed by atoms with van der Waals surface area (Å²) in [6.07, 6.45) is 0. The first-order valence-electron chi connectivity index (χ1n) is 7.51. The highest BCUT2D eigenvalue weighted by molar-refractivity contribution is 7.18. The Morgan fingerprint density at radius 2 is 1.78 bits per heavy atom. The topological polar surface area (TPSA) is 58.2 Å². The van der Waals surface area contributed by atoms with Crippen LogP contribution in [0, 0.1) is 12.3 Å². The molecule has 0 unspecified atom stereocenters. The predicted octanol–water partition coefficient (Wildman–Crippen LogP) is 3.97. The highest BCUT2D eigenvalue weighted by Crippen LogP contribution is 2.28. The van der Waals surface area contributed by atoms with Crippen molar-refractivity contribution >= 4 is 28.2 Å². The van der Waals surface area contributed by atoms with Crippen molar-refractivity contribution in [2.24, 2.45) is 5.41 Å². The number of carbonyl (C=O) groups is 2. The summed E-state index contributed by atoms with van der Waals surface area (Å²) in [5.74, 6) is -0.178. The fourth-order valence-electron chi connectivity index (χ4n) is 1.93. The van der Waals surface area contributed by atoms with Crippen molar-refractivity contribution in [3.05, 3.63) is 52.4 Å². The molecule has 2 rings (SSSR count). The van der Waals surface area contributed by atoms with Gasteiger partial charge in [0.15, 0.2) is 0 Å². The van der Waals surface area contributed by atoms with E-state index in [2.05, 4.69) is 10.6 Å². The number of anilines is 1. The van der Waals surface area contributed by atoms with Crippen LogP contribution in [0.25, 0.3) is 0 Å². The molecule has 4 nitrogen and oxygen atoms in total. The normalized spacial score (nSPS) is 11.1. The molecule has 0 bridgehead atoms. The lowest BCUT2D eigenvalue weighted by atomic mass is 9.96. The van der Waals surface area contributed by atoms with E-state index in [1.807, 2.05) is 64.1 Å². The molecular formula is C18H22N2O2S. The van der Waals surface area contributed by atoms with Crippen LogP contribution in [0.15, 0.2) is 36.4 Å². The molecule has 1 aromatic heterocycles. The molecule has 0 aliphatic heterocycles. The van der Waals surface area contributed by atoms with Gasteiger partial charge in [-0.1, -0.05) is 51.1 Å². The Bertz CT molecular complexity index is 700. The number of carbonyl (C=O) groups excluding carboxylic acids is 2. The van der Waals surface area contributed by atoms with Gasteiger partial charge in [-0.05, 0) is 24.1 Å². The summed E-state index contributed by atoms with van der Waals surface area (Å²) in [5.41, 5.74) is 1.45. The van der Waals surface area contributed by atoms with Crippen LogP contribution in [0.1, 0.15) is 41.6 Å². The van der Waals surface area contributed by atoms with E-state index in [0.29, 0.717) is 16.4 Å². The van der Waals surface area contributed by atoms with Gasteiger partial charge in [0.2, 0.25) is 5.91 Å². The van der Waals surface area contributed by atoms with Gasteiger partial charge < -0.3 is 10.6 Å². The minimum absolute atomic E-state index is 0.0602. The lowest BCUT2D eigenvalue weighted by molar-refractivity contribution is -0.123. The summed E-state index contributed by atoms with van der Waals surface area (Å²) in [6, 6.07) is 11.6. The van der Waals surface area contributed by atoms with Gasteiger partial charge in [0, 0.05) is 12.0 Å². The number of rotatable bonds is 4. The van der Waals surface area contributed by atoms with Gasteiger partial charge in [0.25, 0.3) is 5.91 Å². The number of hydrogen-bond acceptors (Lipinski definition) is 3. The van der Waals surface area contributed by atoms with E-state index < -0.39 is 5.41 Å². The summed E-state index contributed by atoms with van der Waals surface area (Å²) >= 11 is 1.30. The highest BCUT2D eigenvalue weighted by atomic mass is 32.1. The Kier molecular flexibility index (Phi) is 5.21. The zero-order valence-corrected chi connectivity index (χ0v) is 14.7. The average molecular weight is 330 g/mol. The number of hydrogen-bond donors (Lipinski definition) is 2. The van der Waals surface area contributed by atoms with Crippen LogP contribution in [0.3, 0.4) is 0 Å². The highest BCUT2D eigenvalue weighted by Gasteiger charge is 2.23. The summed E-state index contributed by atoms with van der Waals surface area (Å²) in [6.45, 7) is 7.93. The Hall–Kier alpha value is -2.14. The molecule has 0 saturated carbocycles. The maximum absolute atomic E-state index is 12.3. The zero-order chi connectivity index (χ0) is 17.0. The fraction of sp³-hybridized carbons (Fsp3) is 0.333. The SMILES string of the molecule is Cc1cc(NC(=O)C(C)(C)C)sc1C(=O)NCc1ccccc1. The molecule has 1 aromatic carbocycles. The van der Waals surface area contributed by atoms with E-state index in [-0.39, 0.29) is 11.8 Å². The molecule has 0 saturated heterocycles.